The SMILES string of the molecule is Cc1cccc(C[NH+]2CC[NH+](Cn3nc(C)c(S(=O)(=O)N(C)C)c3C)CC2)c1. The Hall–Kier alpha value is -1.74. The number of quaternary nitrogens is 2. The van der Waals surface area contributed by atoms with Gasteiger partial charge < -0.3 is 9.80 Å². The first-order valence-corrected chi connectivity index (χ1v) is 11.3. The van der Waals surface area contributed by atoms with Crippen LogP contribution < -0.4 is 9.80 Å². The largest absolute Gasteiger partial charge is 0.322 e. The zero-order valence-corrected chi connectivity index (χ0v) is 18.4. The van der Waals surface area contributed by atoms with Gasteiger partial charge in [0, 0.05) is 19.7 Å². The average molecular weight is 408 g/mol. The molecule has 0 spiro atoms. The van der Waals surface area contributed by atoms with Gasteiger partial charge in [-0.05, 0) is 20.8 Å². The van der Waals surface area contributed by atoms with Crippen LogP contribution in [-0.2, 0) is 23.2 Å². The molecule has 1 aliphatic rings. The second kappa shape index (κ2) is 8.32. The molecule has 0 unspecified atom stereocenters. The van der Waals surface area contributed by atoms with E-state index in [0.29, 0.717) is 17.3 Å². The Labute approximate surface area is 168 Å². The second-order valence-corrected chi connectivity index (χ2v) is 10.2. The van der Waals surface area contributed by atoms with Crippen molar-refractivity contribution >= 4 is 10.0 Å². The van der Waals surface area contributed by atoms with Crippen LogP contribution in [0.4, 0.5) is 0 Å². The molecule has 8 heteroatoms. The summed E-state index contributed by atoms with van der Waals surface area (Å²) in [5.74, 6) is 0. The molecule has 1 saturated heterocycles. The van der Waals surface area contributed by atoms with Crippen LogP contribution in [0.5, 0.6) is 0 Å². The lowest BCUT2D eigenvalue weighted by molar-refractivity contribution is -1.03. The minimum atomic E-state index is -3.47. The summed E-state index contributed by atoms with van der Waals surface area (Å²) in [5.41, 5.74) is 4.02. The summed E-state index contributed by atoms with van der Waals surface area (Å²) in [6.45, 7) is 11.9. The third-order valence-electron chi connectivity index (χ3n) is 5.63. The Morgan fingerprint density at radius 3 is 2.32 bits per heavy atom. The van der Waals surface area contributed by atoms with Crippen molar-refractivity contribution in [2.24, 2.45) is 0 Å². The standard InChI is InChI=1S/C20H31N5O2S/c1-16-7-6-8-19(13-16)14-23-9-11-24(12-10-23)15-25-18(3)20(17(2)21-25)28(26,27)22(4)5/h6-8,13H,9-12,14-15H2,1-5H3/p+2. The number of rotatable bonds is 6. The number of hydrogen-bond acceptors (Lipinski definition) is 3. The zero-order valence-electron chi connectivity index (χ0n) is 17.6. The lowest BCUT2D eigenvalue weighted by Gasteiger charge is -2.30. The number of sulfonamides is 1. The highest BCUT2D eigenvalue weighted by molar-refractivity contribution is 7.89. The van der Waals surface area contributed by atoms with Crippen molar-refractivity contribution in [2.75, 3.05) is 40.3 Å². The molecule has 0 radical (unpaired) electrons. The molecule has 7 nitrogen and oxygen atoms in total. The fourth-order valence-corrected chi connectivity index (χ4v) is 5.26. The minimum Gasteiger partial charge on any atom is -0.322 e. The van der Waals surface area contributed by atoms with Crippen molar-refractivity contribution in [3.63, 3.8) is 0 Å². The van der Waals surface area contributed by atoms with Crippen molar-refractivity contribution in [3.05, 3.63) is 46.8 Å². The van der Waals surface area contributed by atoms with E-state index in [0.717, 1.165) is 38.4 Å². The van der Waals surface area contributed by atoms with Gasteiger partial charge in [-0.3, -0.25) is 0 Å². The number of nitrogens with one attached hydrogen (secondary N) is 2. The van der Waals surface area contributed by atoms with Crippen LogP contribution in [0.2, 0.25) is 0 Å². The molecule has 1 aromatic carbocycles. The quantitative estimate of drug-likeness (QED) is 0.646. The Bertz CT molecular complexity index is 928. The van der Waals surface area contributed by atoms with Crippen molar-refractivity contribution < 1.29 is 18.2 Å². The fraction of sp³-hybridized carbons (Fsp3) is 0.550. The van der Waals surface area contributed by atoms with Gasteiger partial charge in [0.05, 0.1) is 11.4 Å². The topological polar surface area (TPSA) is 64.1 Å². The molecule has 0 aliphatic carbocycles. The molecule has 154 valence electrons. The van der Waals surface area contributed by atoms with E-state index in [1.54, 1.807) is 25.9 Å². The predicted molar refractivity (Wildman–Crippen MR) is 109 cm³/mol. The van der Waals surface area contributed by atoms with E-state index in [2.05, 4.69) is 36.3 Å². The van der Waals surface area contributed by atoms with Crippen molar-refractivity contribution in [1.82, 2.24) is 14.1 Å². The van der Waals surface area contributed by atoms with E-state index in [4.69, 9.17) is 0 Å². The highest BCUT2D eigenvalue weighted by atomic mass is 32.2. The summed E-state index contributed by atoms with van der Waals surface area (Å²) in [7, 11) is -0.343. The lowest BCUT2D eigenvalue weighted by Crippen LogP contribution is -3.27. The maximum Gasteiger partial charge on any atom is 0.246 e. The molecule has 2 N–H and O–H groups in total. The monoisotopic (exact) mass is 407 g/mol. The predicted octanol–water partition coefficient (Wildman–Crippen LogP) is -1.00. The molecule has 1 aromatic heterocycles. The number of aryl methyl sites for hydroxylation is 2. The van der Waals surface area contributed by atoms with Crippen molar-refractivity contribution in [1.29, 1.82) is 0 Å². The molecular weight excluding hydrogens is 374 g/mol. The molecule has 2 aromatic rings. The van der Waals surface area contributed by atoms with Crippen LogP contribution in [0.25, 0.3) is 0 Å². The molecule has 28 heavy (non-hydrogen) atoms. The summed E-state index contributed by atoms with van der Waals surface area (Å²) in [4.78, 5) is 3.41. The third-order valence-corrected chi connectivity index (χ3v) is 7.70. The molecule has 2 heterocycles. The molecule has 0 saturated carbocycles. The summed E-state index contributed by atoms with van der Waals surface area (Å²) < 4.78 is 28.3. The smallest absolute Gasteiger partial charge is 0.246 e. The number of nitrogens with zero attached hydrogens (tertiary/aromatic N) is 3. The molecule has 3 rings (SSSR count). The molecule has 0 bridgehead atoms. The summed E-state index contributed by atoms with van der Waals surface area (Å²) in [6, 6.07) is 8.75. The van der Waals surface area contributed by atoms with Gasteiger partial charge >= 0.3 is 0 Å². The number of hydrogen-bond donors (Lipinski definition) is 2. The van der Waals surface area contributed by atoms with Gasteiger partial charge in [0.2, 0.25) is 10.0 Å². The summed E-state index contributed by atoms with van der Waals surface area (Å²) in [5, 5.41) is 4.53. The Morgan fingerprint density at radius 2 is 1.71 bits per heavy atom. The van der Waals surface area contributed by atoms with Gasteiger partial charge in [-0.1, -0.05) is 29.8 Å². The molecular formula is C20H33N5O2S+2. The minimum absolute atomic E-state index is 0.348. The van der Waals surface area contributed by atoms with Gasteiger partial charge in [-0.2, -0.15) is 5.10 Å². The maximum atomic E-state index is 12.6. The van der Waals surface area contributed by atoms with E-state index in [1.807, 2.05) is 11.6 Å². The normalized spacial score (nSPS) is 20.6. The van der Waals surface area contributed by atoms with E-state index >= 15 is 0 Å². The number of benzene rings is 1. The van der Waals surface area contributed by atoms with Gasteiger partial charge in [0.25, 0.3) is 0 Å². The first-order valence-electron chi connectivity index (χ1n) is 9.87. The van der Waals surface area contributed by atoms with E-state index < -0.39 is 10.0 Å². The molecule has 0 amide bonds. The second-order valence-electron chi connectivity index (χ2n) is 8.11. The van der Waals surface area contributed by atoms with Gasteiger partial charge in [0.1, 0.15) is 37.6 Å². The Kier molecular flexibility index (Phi) is 6.24. The zero-order chi connectivity index (χ0) is 20.5. The highest BCUT2D eigenvalue weighted by Gasteiger charge is 2.29. The van der Waals surface area contributed by atoms with Crippen LogP contribution in [-0.4, -0.2) is 62.8 Å². The van der Waals surface area contributed by atoms with Crippen LogP contribution in [0, 0.1) is 20.8 Å². The first kappa shape index (κ1) is 21.0. The van der Waals surface area contributed by atoms with Gasteiger partial charge in [-0.15, -0.1) is 0 Å². The van der Waals surface area contributed by atoms with Gasteiger partial charge in [0.15, 0.2) is 6.67 Å². The molecule has 1 fully saturated rings. The fourth-order valence-electron chi connectivity index (χ4n) is 4.00. The van der Waals surface area contributed by atoms with Crippen molar-refractivity contribution in [2.45, 2.75) is 38.9 Å². The summed E-state index contributed by atoms with van der Waals surface area (Å²) >= 11 is 0. The van der Waals surface area contributed by atoms with E-state index in [-0.39, 0.29) is 0 Å². The highest BCUT2D eigenvalue weighted by Crippen LogP contribution is 2.21. The van der Waals surface area contributed by atoms with E-state index in [9.17, 15) is 8.42 Å². The lowest BCUT2D eigenvalue weighted by atomic mass is 10.1. The summed E-state index contributed by atoms with van der Waals surface area (Å²) in [6.07, 6.45) is 0. The van der Waals surface area contributed by atoms with E-state index in [1.165, 1.54) is 20.3 Å². The Morgan fingerprint density at radius 1 is 1.07 bits per heavy atom. The maximum absolute atomic E-state index is 12.6. The van der Waals surface area contributed by atoms with Crippen LogP contribution in [0.15, 0.2) is 29.2 Å². The number of aromatic nitrogens is 2. The van der Waals surface area contributed by atoms with Gasteiger partial charge in [-0.25, -0.2) is 17.4 Å². The average Bonchev–Trinajstić information content (AvgIpc) is 2.90. The van der Waals surface area contributed by atoms with Crippen molar-refractivity contribution in [3.8, 4) is 0 Å². The Balaban J connectivity index is 1.62. The van der Waals surface area contributed by atoms with Crippen LogP contribution in [0.1, 0.15) is 22.5 Å². The number of piperazine rings is 1. The van der Waals surface area contributed by atoms with Crippen LogP contribution in [0.3, 0.4) is 0 Å². The third kappa shape index (κ3) is 4.46. The molecule has 0 atom stereocenters. The molecule has 1 aliphatic heterocycles. The van der Waals surface area contributed by atoms with Crippen LogP contribution >= 0.6 is 0 Å². The first-order chi connectivity index (χ1) is 13.2.